The number of hydrogen-bond donors (Lipinski definition) is 1. The lowest BCUT2D eigenvalue weighted by molar-refractivity contribution is -0.138. The van der Waals surface area contributed by atoms with E-state index in [2.05, 4.69) is 0 Å². The summed E-state index contributed by atoms with van der Waals surface area (Å²) in [4.78, 5) is 10.8. The molecule has 0 aliphatic carbocycles. The first-order valence-electron chi connectivity index (χ1n) is 5.29. The second kappa shape index (κ2) is 5.31. The second-order valence-corrected chi connectivity index (χ2v) is 6.44. The van der Waals surface area contributed by atoms with E-state index in [0.717, 1.165) is 11.1 Å². The summed E-state index contributed by atoms with van der Waals surface area (Å²) >= 11 is 0. The maximum Gasteiger partial charge on any atom is 0.310 e. The van der Waals surface area contributed by atoms with Crippen LogP contribution in [0.2, 0.25) is 0 Å². The molecule has 1 unspecified atom stereocenters. The SMILES string of the molecule is CC(C(=O)O)c1ccc(CCS(C)(=O)=O)cc1. The molecule has 0 fully saturated rings. The lowest BCUT2D eigenvalue weighted by Crippen LogP contribution is -2.08. The molecule has 0 radical (unpaired) electrons. The van der Waals surface area contributed by atoms with E-state index >= 15 is 0 Å². The van der Waals surface area contributed by atoms with E-state index in [1.165, 1.54) is 6.26 Å². The van der Waals surface area contributed by atoms with Crippen LogP contribution >= 0.6 is 0 Å². The molecule has 17 heavy (non-hydrogen) atoms. The fraction of sp³-hybridized carbons (Fsp3) is 0.417. The predicted octanol–water partition coefficient (Wildman–Crippen LogP) is 1.46. The number of carbonyl (C=O) groups is 1. The number of sulfone groups is 1. The zero-order chi connectivity index (χ0) is 13.1. The summed E-state index contributed by atoms with van der Waals surface area (Å²) in [6, 6.07) is 7.02. The van der Waals surface area contributed by atoms with Gasteiger partial charge in [-0.2, -0.15) is 0 Å². The third-order valence-electron chi connectivity index (χ3n) is 2.61. The smallest absolute Gasteiger partial charge is 0.310 e. The molecule has 1 aromatic carbocycles. The fourth-order valence-electron chi connectivity index (χ4n) is 1.42. The molecule has 0 bridgehead atoms. The van der Waals surface area contributed by atoms with Gasteiger partial charge in [0.2, 0.25) is 0 Å². The van der Waals surface area contributed by atoms with Gasteiger partial charge in [-0.25, -0.2) is 8.42 Å². The molecular weight excluding hydrogens is 240 g/mol. The van der Waals surface area contributed by atoms with Crippen molar-refractivity contribution >= 4 is 15.8 Å². The Labute approximate surface area is 101 Å². The normalized spacial score (nSPS) is 13.3. The Morgan fingerprint density at radius 3 is 2.24 bits per heavy atom. The third kappa shape index (κ3) is 4.56. The molecule has 0 aromatic heterocycles. The molecular formula is C12H16O4S. The summed E-state index contributed by atoms with van der Waals surface area (Å²) in [5.74, 6) is -1.30. The first kappa shape index (κ1) is 13.7. The number of carboxylic acids is 1. The van der Waals surface area contributed by atoms with Gasteiger partial charge in [0, 0.05) is 6.26 Å². The van der Waals surface area contributed by atoms with Gasteiger partial charge < -0.3 is 5.11 Å². The molecule has 0 aliphatic rings. The van der Waals surface area contributed by atoms with Gasteiger partial charge in [-0.05, 0) is 24.5 Å². The minimum atomic E-state index is -2.96. The van der Waals surface area contributed by atoms with Crippen molar-refractivity contribution in [2.75, 3.05) is 12.0 Å². The van der Waals surface area contributed by atoms with Crippen LogP contribution in [0.15, 0.2) is 24.3 Å². The zero-order valence-corrected chi connectivity index (χ0v) is 10.7. The van der Waals surface area contributed by atoms with E-state index in [1.807, 2.05) is 0 Å². The Bertz CT molecular complexity index is 488. The molecule has 0 saturated heterocycles. The van der Waals surface area contributed by atoms with Gasteiger partial charge in [0.25, 0.3) is 0 Å². The molecule has 0 aliphatic heterocycles. The Kier molecular flexibility index (Phi) is 4.28. The average molecular weight is 256 g/mol. The first-order chi connectivity index (χ1) is 7.79. The molecule has 4 nitrogen and oxygen atoms in total. The summed E-state index contributed by atoms with van der Waals surface area (Å²) < 4.78 is 22.0. The summed E-state index contributed by atoms with van der Waals surface area (Å²) in [6.45, 7) is 1.62. The van der Waals surface area contributed by atoms with E-state index < -0.39 is 21.7 Å². The van der Waals surface area contributed by atoms with E-state index in [-0.39, 0.29) is 5.75 Å². The van der Waals surface area contributed by atoms with Crippen LogP contribution in [-0.4, -0.2) is 31.5 Å². The van der Waals surface area contributed by atoms with Gasteiger partial charge in [-0.1, -0.05) is 24.3 Å². The average Bonchev–Trinajstić information content (AvgIpc) is 2.25. The van der Waals surface area contributed by atoms with E-state index in [9.17, 15) is 13.2 Å². The van der Waals surface area contributed by atoms with Crippen LogP contribution in [0.25, 0.3) is 0 Å². The number of hydrogen-bond acceptors (Lipinski definition) is 3. The number of carboxylic acid groups (broad SMARTS) is 1. The van der Waals surface area contributed by atoms with Crippen molar-refractivity contribution in [1.29, 1.82) is 0 Å². The molecule has 1 rings (SSSR count). The Morgan fingerprint density at radius 2 is 1.82 bits per heavy atom. The Balaban J connectivity index is 2.72. The highest BCUT2D eigenvalue weighted by atomic mass is 32.2. The van der Waals surface area contributed by atoms with Crippen LogP contribution in [0.1, 0.15) is 24.0 Å². The lowest BCUT2D eigenvalue weighted by Gasteiger charge is -2.07. The van der Waals surface area contributed by atoms with Gasteiger partial charge in [-0.3, -0.25) is 4.79 Å². The van der Waals surface area contributed by atoms with Gasteiger partial charge in [0.1, 0.15) is 9.84 Å². The minimum Gasteiger partial charge on any atom is -0.481 e. The number of benzene rings is 1. The lowest BCUT2D eigenvalue weighted by atomic mass is 9.99. The topological polar surface area (TPSA) is 71.4 Å². The van der Waals surface area contributed by atoms with Crippen molar-refractivity contribution in [3.05, 3.63) is 35.4 Å². The largest absolute Gasteiger partial charge is 0.481 e. The van der Waals surface area contributed by atoms with Gasteiger partial charge in [0.05, 0.1) is 11.7 Å². The minimum absolute atomic E-state index is 0.112. The molecule has 0 heterocycles. The summed E-state index contributed by atoms with van der Waals surface area (Å²) in [7, 11) is -2.96. The van der Waals surface area contributed by atoms with E-state index in [0.29, 0.717) is 6.42 Å². The molecule has 94 valence electrons. The van der Waals surface area contributed by atoms with Crippen molar-refractivity contribution in [2.45, 2.75) is 19.3 Å². The molecule has 0 amide bonds. The Morgan fingerprint density at radius 1 is 1.29 bits per heavy atom. The maximum absolute atomic E-state index is 11.0. The molecule has 1 aromatic rings. The van der Waals surface area contributed by atoms with Gasteiger partial charge >= 0.3 is 5.97 Å². The molecule has 1 N–H and O–H groups in total. The van der Waals surface area contributed by atoms with Crippen molar-refractivity contribution < 1.29 is 18.3 Å². The first-order valence-corrected chi connectivity index (χ1v) is 7.35. The van der Waals surface area contributed by atoms with Crippen molar-refractivity contribution in [3.8, 4) is 0 Å². The summed E-state index contributed by atoms with van der Waals surface area (Å²) in [5.41, 5.74) is 1.62. The molecule has 0 saturated carbocycles. The van der Waals surface area contributed by atoms with Crippen LogP contribution in [-0.2, 0) is 21.1 Å². The summed E-state index contributed by atoms with van der Waals surface area (Å²) in [6.07, 6.45) is 1.66. The number of aliphatic carboxylic acids is 1. The quantitative estimate of drug-likeness (QED) is 0.865. The second-order valence-electron chi connectivity index (χ2n) is 4.18. The standard InChI is InChI=1S/C12H16O4S/c1-9(12(13)14)11-5-3-10(4-6-11)7-8-17(2,15)16/h3-6,9H,7-8H2,1-2H3,(H,13,14). The molecule has 0 spiro atoms. The fourth-order valence-corrected chi connectivity index (χ4v) is 2.03. The summed E-state index contributed by atoms with van der Waals surface area (Å²) in [5, 5.41) is 8.84. The van der Waals surface area contributed by atoms with Crippen LogP contribution in [0.5, 0.6) is 0 Å². The molecule has 5 heteroatoms. The van der Waals surface area contributed by atoms with Crippen molar-refractivity contribution in [1.82, 2.24) is 0 Å². The number of aryl methyl sites for hydroxylation is 1. The molecule has 1 atom stereocenters. The van der Waals surface area contributed by atoms with Crippen molar-refractivity contribution in [2.24, 2.45) is 0 Å². The van der Waals surface area contributed by atoms with Crippen LogP contribution < -0.4 is 0 Å². The maximum atomic E-state index is 11.0. The highest BCUT2D eigenvalue weighted by Gasteiger charge is 2.13. The highest BCUT2D eigenvalue weighted by molar-refractivity contribution is 7.90. The van der Waals surface area contributed by atoms with E-state index in [1.54, 1.807) is 31.2 Å². The third-order valence-corrected chi connectivity index (χ3v) is 3.56. The number of rotatable bonds is 5. The van der Waals surface area contributed by atoms with Crippen LogP contribution in [0, 0.1) is 0 Å². The Hall–Kier alpha value is -1.36. The monoisotopic (exact) mass is 256 g/mol. The van der Waals surface area contributed by atoms with Gasteiger partial charge in [-0.15, -0.1) is 0 Å². The zero-order valence-electron chi connectivity index (χ0n) is 9.88. The van der Waals surface area contributed by atoms with E-state index in [4.69, 9.17) is 5.11 Å². The highest BCUT2D eigenvalue weighted by Crippen LogP contribution is 2.16. The van der Waals surface area contributed by atoms with Crippen LogP contribution in [0.3, 0.4) is 0 Å². The predicted molar refractivity (Wildman–Crippen MR) is 65.9 cm³/mol. The van der Waals surface area contributed by atoms with Crippen LogP contribution in [0.4, 0.5) is 0 Å². The van der Waals surface area contributed by atoms with Gasteiger partial charge in [0.15, 0.2) is 0 Å². The van der Waals surface area contributed by atoms with Crippen molar-refractivity contribution in [3.63, 3.8) is 0 Å².